The second kappa shape index (κ2) is 4.74. The minimum atomic E-state index is -0.548. The van der Waals surface area contributed by atoms with Gasteiger partial charge in [-0.3, -0.25) is 4.98 Å². The second-order valence-corrected chi connectivity index (χ2v) is 4.70. The number of carbonyl (C=O) groups excluding carboxylic acids is 1. The number of rotatable bonds is 2. The predicted molar refractivity (Wildman–Crippen MR) is 69.1 cm³/mol. The molecule has 0 aromatic carbocycles. The summed E-state index contributed by atoms with van der Waals surface area (Å²) >= 11 is 1.43. The zero-order valence-corrected chi connectivity index (χ0v) is 10.4. The van der Waals surface area contributed by atoms with E-state index in [1.165, 1.54) is 29.7 Å². The maximum absolute atomic E-state index is 13.0. The lowest BCUT2D eigenvalue weighted by Crippen LogP contribution is -2.03. The van der Waals surface area contributed by atoms with Crippen LogP contribution in [0.5, 0.6) is 0 Å². The molecular weight excluding hydrogens is 267 g/mol. The third kappa shape index (κ3) is 2.43. The Bertz CT molecular complexity index is 692. The average molecular weight is 274 g/mol. The van der Waals surface area contributed by atoms with Crippen molar-refractivity contribution in [2.45, 2.75) is 0 Å². The van der Waals surface area contributed by atoms with Crippen molar-refractivity contribution >= 4 is 29.3 Å². The molecule has 0 fully saturated rings. The van der Waals surface area contributed by atoms with Crippen molar-refractivity contribution in [2.24, 2.45) is 4.99 Å². The number of nitrogens with zero attached hydrogens (tertiary/aromatic N) is 2. The minimum Gasteiger partial charge on any atom is -0.401 e. The molecule has 3 rings (SSSR count). The number of hydrogen-bond donors (Lipinski definition) is 0. The lowest BCUT2D eigenvalue weighted by Gasteiger charge is -1.93. The fourth-order valence-corrected chi connectivity index (χ4v) is 2.23. The molecule has 2 aromatic heterocycles. The summed E-state index contributed by atoms with van der Waals surface area (Å²) in [4.78, 5) is 20.2. The molecule has 6 heteroatoms. The van der Waals surface area contributed by atoms with Crippen LogP contribution in [0.1, 0.15) is 10.4 Å². The maximum Gasteiger partial charge on any atom is 0.363 e. The Hall–Kier alpha value is -2.34. The van der Waals surface area contributed by atoms with Gasteiger partial charge in [-0.2, -0.15) is 0 Å². The van der Waals surface area contributed by atoms with Gasteiger partial charge in [-0.15, -0.1) is 11.3 Å². The summed E-state index contributed by atoms with van der Waals surface area (Å²) in [5, 5.41) is 1.86. The van der Waals surface area contributed by atoms with Crippen molar-refractivity contribution in [3.05, 3.63) is 57.9 Å². The van der Waals surface area contributed by atoms with E-state index in [9.17, 15) is 9.18 Å². The van der Waals surface area contributed by atoms with Gasteiger partial charge in [-0.1, -0.05) is 6.07 Å². The monoisotopic (exact) mass is 274 g/mol. The molecule has 0 radical (unpaired) electrons. The van der Waals surface area contributed by atoms with Gasteiger partial charge in [0.15, 0.2) is 5.70 Å². The van der Waals surface area contributed by atoms with Gasteiger partial charge in [-0.05, 0) is 29.2 Å². The summed E-state index contributed by atoms with van der Waals surface area (Å²) in [6.07, 6.45) is 3.98. The lowest BCUT2D eigenvalue weighted by molar-refractivity contribution is -0.129. The zero-order valence-electron chi connectivity index (χ0n) is 9.54. The molecule has 19 heavy (non-hydrogen) atoms. The van der Waals surface area contributed by atoms with Crippen molar-refractivity contribution in [1.29, 1.82) is 0 Å². The first-order valence-corrected chi connectivity index (χ1v) is 6.27. The molecule has 0 amide bonds. The summed E-state index contributed by atoms with van der Waals surface area (Å²) in [6, 6.07) is 4.92. The first-order valence-electron chi connectivity index (χ1n) is 5.39. The molecule has 0 unspecified atom stereocenters. The SMILES string of the molecule is O=C1OC(c2cccs2)=NC1=Cc1cncc(F)c1. The van der Waals surface area contributed by atoms with Crippen LogP contribution < -0.4 is 0 Å². The number of halogens is 1. The van der Waals surface area contributed by atoms with E-state index in [-0.39, 0.29) is 11.6 Å². The fourth-order valence-electron chi connectivity index (χ4n) is 1.58. The van der Waals surface area contributed by atoms with Crippen LogP contribution in [0.3, 0.4) is 0 Å². The van der Waals surface area contributed by atoms with Crippen molar-refractivity contribution < 1.29 is 13.9 Å². The number of hydrogen-bond acceptors (Lipinski definition) is 5. The topological polar surface area (TPSA) is 51.5 Å². The number of esters is 1. The third-order valence-corrected chi connectivity index (χ3v) is 3.24. The largest absolute Gasteiger partial charge is 0.401 e. The van der Waals surface area contributed by atoms with Crippen LogP contribution >= 0.6 is 11.3 Å². The molecule has 0 spiro atoms. The third-order valence-electron chi connectivity index (χ3n) is 2.38. The van der Waals surface area contributed by atoms with E-state index in [1.807, 2.05) is 17.5 Å². The first kappa shape index (κ1) is 11.7. The van der Waals surface area contributed by atoms with Crippen LogP contribution in [0.15, 0.2) is 46.7 Å². The highest BCUT2D eigenvalue weighted by molar-refractivity contribution is 7.12. The van der Waals surface area contributed by atoms with Crippen molar-refractivity contribution in [3.8, 4) is 0 Å². The fraction of sp³-hybridized carbons (Fsp3) is 0. The minimum absolute atomic E-state index is 0.135. The maximum atomic E-state index is 13.0. The molecule has 1 aliphatic heterocycles. The normalized spacial score (nSPS) is 16.6. The van der Waals surface area contributed by atoms with E-state index < -0.39 is 11.8 Å². The number of aromatic nitrogens is 1. The van der Waals surface area contributed by atoms with Crippen LogP contribution in [0, 0.1) is 5.82 Å². The molecule has 3 heterocycles. The van der Waals surface area contributed by atoms with Crippen molar-refractivity contribution in [3.63, 3.8) is 0 Å². The highest BCUT2D eigenvalue weighted by Crippen LogP contribution is 2.21. The summed E-state index contributed by atoms with van der Waals surface area (Å²) in [5.74, 6) is -0.744. The Morgan fingerprint density at radius 3 is 3.00 bits per heavy atom. The Labute approximate surface area is 111 Å². The number of carbonyl (C=O) groups is 1. The van der Waals surface area contributed by atoms with Gasteiger partial charge in [0.2, 0.25) is 5.90 Å². The molecule has 0 bridgehead atoms. The Balaban J connectivity index is 1.95. The summed E-state index contributed by atoms with van der Waals surface area (Å²) in [5.41, 5.74) is 0.596. The zero-order chi connectivity index (χ0) is 13.2. The smallest absolute Gasteiger partial charge is 0.363 e. The Morgan fingerprint density at radius 1 is 1.37 bits per heavy atom. The van der Waals surface area contributed by atoms with Crippen LogP contribution in [-0.4, -0.2) is 16.9 Å². The molecular formula is C13H7FN2O2S. The van der Waals surface area contributed by atoms with Gasteiger partial charge in [-0.25, -0.2) is 14.2 Å². The summed E-state index contributed by atoms with van der Waals surface area (Å²) in [7, 11) is 0. The molecule has 1 aliphatic rings. The molecule has 0 saturated heterocycles. The van der Waals surface area contributed by atoms with Crippen LogP contribution in [0.4, 0.5) is 4.39 Å². The van der Waals surface area contributed by atoms with E-state index in [0.29, 0.717) is 5.56 Å². The molecule has 0 saturated carbocycles. The lowest BCUT2D eigenvalue weighted by atomic mass is 10.2. The van der Waals surface area contributed by atoms with Gasteiger partial charge in [0.05, 0.1) is 11.1 Å². The number of thiophene rings is 1. The van der Waals surface area contributed by atoms with Crippen LogP contribution in [-0.2, 0) is 9.53 Å². The molecule has 0 N–H and O–H groups in total. The van der Waals surface area contributed by atoms with Gasteiger partial charge < -0.3 is 4.74 Å². The second-order valence-electron chi connectivity index (χ2n) is 3.75. The molecule has 0 aliphatic carbocycles. The van der Waals surface area contributed by atoms with E-state index in [4.69, 9.17) is 4.74 Å². The molecule has 2 aromatic rings. The van der Waals surface area contributed by atoms with E-state index in [2.05, 4.69) is 9.98 Å². The van der Waals surface area contributed by atoms with E-state index in [1.54, 1.807) is 0 Å². The number of ether oxygens (including phenoxy) is 1. The highest BCUT2D eigenvalue weighted by atomic mass is 32.1. The van der Waals surface area contributed by atoms with Crippen molar-refractivity contribution in [1.82, 2.24) is 4.98 Å². The number of aliphatic imine (C=N–C) groups is 1. The van der Waals surface area contributed by atoms with E-state index in [0.717, 1.165) is 11.1 Å². The standard InChI is InChI=1S/C13H7FN2O2S/c14-9-4-8(6-15-7-9)5-10-13(17)18-12(16-10)11-2-1-3-19-11/h1-7H. The average Bonchev–Trinajstić information content (AvgIpc) is 3.00. The Kier molecular flexibility index (Phi) is 2.92. The predicted octanol–water partition coefficient (Wildman–Crippen LogP) is 2.63. The van der Waals surface area contributed by atoms with Crippen LogP contribution in [0.25, 0.3) is 6.08 Å². The highest BCUT2D eigenvalue weighted by Gasteiger charge is 2.24. The number of pyridine rings is 1. The molecule has 0 atom stereocenters. The van der Waals surface area contributed by atoms with E-state index >= 15 is 0 Å². The Morgan fingerprint density at radius 2 is 2.26 bits per heavy atom. The van der Waals surface area contributed by atoms with Gasteiger partial charge >= 0.3 is 5.97 Å². The summed E-state index contributed by atoms with van der Waals surface area (Å²) in [6.45, 7) is 0. The van der Waals surface area contributed by atoms with Gasteiger partial charge in [0.25, 0.3) is 0 Å². The molecule has 4 nitrogen and oxygen atoms in total. The van der Waals surface area contributed by atoms with Crippen LogP contribution in [0.2, 0.25) is 0 Å². The quantitative estimate of drug-likeness (QED) is 0.625. The van der Waals surface area contributed by atoms with Gasteiger partial charge in [0, 0.05) is 6.20 Å². The summed E-state index contributed by atoms with van der Waals surface area (Å²) < 4.78 is 18.1. The molecule has 94 valence electrons. The van der Waals surface area contributed by atoms with Gasteiger partial charge in [0.1, 0.15) is 5.82 Å². The van der Waals surface area contributed by atoms with Crippen molar-refractivity contribution in [2.75, 3.05) is 0 Å². The number of cyclic esters (lactones) is 1. The first-order chi connectivity index (χ1) is 9.22.